The number of alkyl halides is 2. The Morgan fingerprint density at radius 1 is 1.03 bits per heavy atom. The summed E-state index contributed by atoms with van der Waals surface area (Å²) in [6.45, 7) is 0. The molecule has 0 aliphatic carbocycles. The van der Waals surface area contributed by atoms with Crippen LogP contribution in [0.4, 0.5) is 31.9 Å². The minimum atomic E-state index is -4.01. The zero-order valence-corrected chi connectivity index (χ0v) is 15.8. The van der Waals surface area contributed by atoms with E-state index >= 15 is 0 Å². The normalized spacial score (nSPS) is 14.4. The highest BCUT2D eigenvalue weighted by Crippen LogP contribution is 2.46. The molecule has 0 atom stereocenters. The third kappa shape index (κ3) is 3.97. The fourth-order valence-electron chi connectivity index (χ4n) is 2.69. The Morgan fingerprint density at radius 3 is 2.53 bits per heavy atom. The second kappa shape index (κ2) is 7.11. The summed E-state index contributed by atoms with van der Waals surface area (Å²) in [6, 6.07) is 10.2. The van der Waals surface area contributed by atoms with Crippen LogP contribution < -0.4 is 30.7 Å². The van der Waals surface area contributed by atoms with Crippen molar-refractivity contribution < 1.29 is 26.7 Å². The molecule has 0 amide bonds. The highest BCUT2D eigenvalue weighted by atomic mass is 32.2. The summed E-state index contributed by atoms with van der Waals surface area (Å²) in [5.41, 5.74) is 0.382. The predicted molar refractivity (Wildman–Crippen MR) is 104 cm³/mol. The first kappa shape index (κ1) is 19.9. The van der Waals surface area contributed by atoms with Gasteiger partial charge in [-0.15, -0.1) is 8.78 Å². The van der Waals surface area contributed by atoms with Gasteiger partial charge in [0.15, 0.2) is 11.5 Å². The summed E-state index contributed by atoms with van der Waals surface area (Å²) < 4.78 is 59.2. The second-order valence-electron chi connectivity index (χ2n) is 6.09. The van der Waals surface area contributed by atoms with Crippen LogP contribution in [0.3, 0.4) is 0 Å². The molecule has 4 rings (SSSR count). The van der Waals surface area contributed by atoms with Crippen LogP contribution >= 0.6 is 0 Å². The molecule has 3 aromatic rings. The first-order chi connectivity index (χ1) is 14.1. The minimum absolute atomic E-state index is 0.0213. The molecule has 0 unspecified atom stereocenters. The average molecular weight is 431 g/mol. The molecule has 4 N–H and O–H groups in total. The fourth-order valence-corrected chi connectivity index (χ4v) is 3.38. The number of primary sulfonamides is 1. The molecule has 9 nitrogen and oxygen atoms in total. The van der Waals surface area contributed by atoms with Crippen LogP contribution in [0.25, 0.3) is 0 Å². The van der Waals surface area contributed by atoms with Crippen LogP contribution in [0.5, 0.6) is 11.5 Å². The molecule has 0 bridgehead atoms. The number of hydrogen-bond acceptors (Lipinski definition) is 8. The van der Waals surface area contributed by atoms with E-state index in [-0.39, 0.29) is 45.0 Å². The Kier molecular flexibility index (Phi) is 4.70. The molecule has 13 heteroatoms. The van der Waals surface area contributed by atoms with Gasteiger partial charge in [-0.25, -0.2) is 18.5 Å². The number of nitrogens with two attached hydrogens (primary N) is 1. The Labute approximate surface area is 170 Å². The first-order valence-electron chi connectivity index (χ1n) is 8.30. The summed E-state index contributed by atoms with van der Waals surface area (Å²) in [4.78, 5) is 8.00. The molecule has 0 saturated heterocycles. The Morgan fingerprint density at radius 2 is 1.77 bits per heavy atom. The molecule has 1 aromatic heterocycles. The molecule has 1 aliphatic rings. The van der Waals surface area contributed by atoms with Gasteiger partial charge in [0, 0.05) is 6.20 Å². The molecule has 1 aliphatic heterocycles. The third-order valence-corrected chi connectivity index (χ3v) is 4.91. The van der Waals surface area contributed by atoms with Crippen molar-refractivity contribution in [2.24, 2.45) is 5.14 Å². The van der Waals surface area contributed by atoms with E-state index in [9.17, 15) is 17.2 Å². The van der Waals surface area contributed by atoms with Crippen molar-refractivity contribution in [2.45, 2.75) is 11.2 Å². The summed E-state index contributed by atoms with van der Waals surface area (Å²) in [5.74, 6) is -0.316. The molecule has 2 aromatic carbocycles. The maximum absolute atomic E-state index is 13.4. The number of nitrogens with one attached hydrogen (secondary N) is 2. The van der Waals surface area contributed by atoms with Gasteiger partial charge in [-0.2, -0.15) is 4.98 Å². The van der Waals surface area contributed by atoms with Crippen molar-refractivity contribution in [3.05, 3.63) is 48.7 Å². The smallest absolute Gasteiger partial charge is 0.395 e. The number of nitrogens with zero attached hydrogens (tertiary/aromatic N) is 2. The maximum atomic E-state index is 13.4. The number of aromatic nitrogens is 2. The lowest BCUT2D eigenvalue weighted by molar-refractivity contribution is -0.286. The van der Waals surface area contributed by atoms with Crippen molar-refractivity contribution in [3.8, 4) is 11.5 Å². The zero-order chi connectivity index (χ0) is 21.5. The molecule has 2 radical (unpaired) electrons. The Bertz CT molecular complexity index is 1240. The van der Waals surface area contributed by atoms with Gasteiger partial charge in [-0.1, -0.05) is 18.2 Å². The minimum Gasteiger partial charge on any atom is -0.395 e. The number of fused-ring (bicyclic) bond motifs is 1. The van der Waals surface area contributed by atoms with Crippen molar-refractivity contribution in [3.63, 3.8) is 0 Å². The number of sulfonamides is 1. The van der Waals surface area contributed by atoms with Crippen LogP contribution in [-0.4, -0.2) is 32.5 Å². The van der Waals surface area contributed by atoms with E-state index in [1.165, 1.54) is 42.6 Å². The monoisotopic (exact) mass is 431 g/mol. The molecule has 0 saturated carbocycles. The number of halogens is 2. The maximum Gasteiger partial charge on any atom is 0.586 e. The summed E-state index contributed by atoms with van der Waals surface area (Å²) in [6.07, 6.45) is -2.53. The van der Waals surface area contributed by atoms with Crippen molar-refractivity contribution in [1.82, 2.24) is 9.97 Å². The van der Waals surface area contributed by atoms with E-state index in [0.29, 0.717) is 0 Å². The molecule has 0 fully saturated rings. The van der Waals surface area contributed by atoms with Gasteiger partial charge in [0.1, 0.15) is 18.6 Å². The van der Waals surface area contributed by atoms with Gasteiger partial charge in [0.05, 0.1) is 11.4 Å². The van der Waals surface area contributed by atoms with Gasteiger partial charge in [-0.3, -0.25) is 0 Å². The standard InChI is InChI=1S/C17H12BF2N5O4S/c18-9-8-22-16(24-11-5-3-6-12-14(11)29-17(19,20)28-12)25-15(9)23-10-4-1-2-7-13(10)30(21,26)27/h1-8H,(H2,21,26,27)(H2,22,23,24,25). The quantitative estimate of drug-likeness (QED) is 0.521. The number of ether oxygens (including phenoxy) is 2. The van der Waals surface area contributed by atoms with E-state index in [1.807, 2.05) is 0 Å². The van der Waals surface area contributed by atoms with Crippen molar-refractivity contribution in [1.29, 1.82) is 0 Å². The van der Waals surface area contributed by atoms with Crippen LogP contribution in [0.1, 0.15) is 0 Å². The number of hydrogen-bond donors (Lipinski definition) is 3. The number of benzene rings is 2. The fraction of sp³-hybridized carbons (Fsp3) is 0.0588. The molecule has 0 spiro atoms. The SMILES string of the molecule is [B]c1cnc(Nc2cccc3c2OC(F)(F)O3)nc1Nc1ccccc1S(N)(=O)=O. The molecule has 2 heterocycles. The lowest BCUT2D eigenvalue weighted by Gasteiger charge is -2.14. The number of rotatable bonds is 5. The van der Waals surface area contributed by atoms with E-state index in [2.05, 4.69) is 30.1 Å². The number of anilines is 4. The van der Waals surface area contributed by atoms with E-state index < -0.39 is 16.3 Å². The highest BCUT2D eigenvalue weighted by molar-refractivity contribution is 7.89. The summed E-state index contributed by atoms with van der Waals surface area (Å²) >= 11 is 0. The van der Waals surface area contributed by atoms with E-state index in [1.54, 1.807) is 6.07 Å². The van der Waals surface area contributed by atoms with Crippen LogP contribution in [0, 0.1) is 0 Å². The topological polar surface area (TPSA) is 128 Å². The van der Waals surface area contributed by atoms with Gasteiger partial charge in [-0.05, 0) is 29.7 Å². The second-order valence-corrected chi connectivity index (χ2v) is 7.62. The van der Waals surface area contributed by atoms with Gasteiger partial charge in [0.25, 0.3) is 0 Å². The zero-order valence-electron chi connectivity index (χ0n) is 15.0. The summed E-state index contributed by atoms with van der Waals surface area (Å²) in [5, 5.41) is 10.8. The highest BCUT2D eigenvalue weighted by Gasteiger charge is 2.44. The van der Waals surface area contributed by atoms with Gasteiger partial charge in [0.2, 0.25) is 16.0 Å². The molecule has 30 heavy (non-hydrogen) atoms. The number of para-hydroxylation sites is 2. The largest absolute Gasteiger partial charge is 0.586 e. The van der Waals surface area contributed by atoms with Crippen LogP contribution in [-0.2, 0) is 10.0 Å². The van der Waals surface area contributed by atoms with E-state index in [4.69, 9.17) is 13.0 Å². The van der Waals surface area contributed by atoms with Crippen LogP contribution in [0.2, 0.25) is 0 Å². The predicted octanol–water partition coefficient (Wildman–Crippen LogP) is 1.73. The molecular formula is C17H12BF2N5O4S. The Hall–Kier alpha value is -3.45. The lowest BCUT2D eigenvalue weighted by atomic mass is 9.99. The average Bonchev–Trinajstić information content (AvgIpc) is 2.99. The van der Waals surface area contributed by atoms with Gasteiger partial charge < -0.3 is 20.1 Å². The third-order valence-electron chi connectivity index (χ3n) is 3.94. The van der Waals surface area contributed by atoms with Gasteiger partial charge >= 0.3 is 6.29 Å². The Balaban J connectivity index is 1.65. The molecular weight excluding hydrogens is 419 g/mol. The van der Waals surface area contributed by atoms with Crippen LogP contribution in [0.15, 0.2) is 53.6 Å². The summed E-state index contributed by atoms with van der Waals surface area (Å²) in [7, 11) is 1.87. The van der Waals surface area contributed by atoms with E-state index in [0.717, 1.165) is 0 Å². The first-order valence-corrected chi connectivity index (χ1v) is 9.84. The lowest BCUT2D eigenvalue weighted by Crippen LogP contribution is -2.26. The molecule has 152 valence electrons. The van der Waals surface area contributed by atoms with Crippen molar-refractivity contribution >= 4 is 46.5 Å². The van der Waals surface area contributed by atoms with Crippen molar-refractivity contribution in [2.75, 3.05) is 10.6 Å².